The smallest absolute Gasteiger partial charge is 0.265 e. The number of hydrogen-bond donors (Lipinski definition) is 1. The summed E-state index contributed by atoms with van der Waals surface area (Å²) in [7, 11) is 0. The molecular formula is C17H17FN2O2. The van der Waals surface area contributed by atoms with Crippen molar-refractivity contribution in [3.05, 3.63) is 53.8 Å². The van der Waals surface area contributed by atoms with Crippen LogP contribution in [0, 0.1) is 5.82 Å². The number of benzene rings is 2. The number of rotatable bonds is 4. The zero-order valence-electron chi connectivity index (χ0n) is 12.3. The van der Waals surface area contributed by atoms with Crippen LogP contribution in [-0.4, -0.2) is 19.1 Å². The Labute approximate surface area is 128 Å². The summed E-state index contributed by atoms with van der Waals surface area (Å²) >= 11 is 0. The lowest BCUT2D eigenvalue weighted by atomic mass is 10.2. The zero-order valence-corrected chi connectivity index (χ0v) is 12.3. The molecule has 2 aromatic rings. The summed E-state index contributed by atoms with van der Waals surface area (Å²) in [5.74, 6) is 0.433. The second-order valence-electron chi connectivity index (χ2n) is 5.09. The van der Waals surface area contributed by atoms with Gasteiger partial charge in [-0.05, 0) is 36.8 Å². The second-order valence-corrected chi connectivity index (χ2v) is 5.09. The molecule has 3 rings (SSSR count). The summed E-state index contributed by atoms with van der Waals surface area (Å²) in [5, 5.41) is 3.27. The molecule has 0 fully saturated rings. The van der Waals surface area contributed by atoms with Crippen LogP contribution in [0.1, 0.15) is 12.5 Å². The van der Waals surface area contributed by atoms with Crippen LogP contribution in [0.2, 0.25) is 0 Å². The van der Waals surface area contributed by atoms with E-state index in [0.29, 0.717) is 18.8 Å². The van der Waals surface area contributed by atoms with Gasteiger partial charge in [-0.25, -0.2) is 4.39 Å². The van der Waals surface area contributed by atoms with Crippen molar-refractivity contribution in [2.24, 2.45) is 0 Å². The standard InChI is InChI=1S/C17H17FN2O2/c1-2-20-15-8-7-14(9-16(15)22-11-17(20)21)19-10-12-3-5-13(18)6-4-12/h3-9,19H,2,10-11H2,1H3. The van der Waals surface area contributed by atoms with Gasteiger partial charge in [0.2, 0.25) is 0 Å². The van der Waals surface area contributed by atoms with Gasteiger partial charge in [0.1, 0.15) is 11.6 Å². The molecule has 1 aliphatic heterocycles. The van der Waals surface area contributed by atoms with Crippen LogP contribution in [-0.2, 0) is 11.3 Å². The maximum absolute atomic E-state index is 12.9. The molecule has 4 nitrogen and oxygen atoms in total. The molecule has 114 valence electrons. The Morgan fingerprint density at radius 3 is 2.73 bits per heavy atom. The Balaban J connectivity index is 1.73. The molecule has 0 unspecified atom stereocenters. The molecule has 22 heavy (non-hydrogen) atoms. The normalized spacial score (nSPS) is 13.5. The summed E-state index contributed by atoms with van der Waals surface area (Å²) in [6, 6.07) is 12.0. The van der Waals surface area contributed by atoms with Gasteiger partial charge in [0.05, 0.1) is 5.69 Å². The maximum Gasteiger partial charge on any atom is 0.265 e. The number of hydrogen-bond acceptors (Lipinski definition) is 3. The lowest BCUT2D eigenvalue weighted by molar-refractivity contribution is -0.121. The average Bonchev–Trinajstić information content (AvgIpc) is 2.54. The first-order valence-corrected chi connectivity index (χ1v) is 7.23. The lowest BCUT2D eigenvalue weighted by Gasteiger charge is -2.28. The first kappa shape index (κ1) is 14.4. The fraction of sp³-hybridized carbons (Fsp3) is 0.235. The minimum absolute atomic E-state index is 0.0259. The summed E-state index contributed by atoms with van der Waals surface area (Å²) in [6.07, 6.45) is 0. The molecule has 1 aliphatic rings. The van der Waals surface area contributed by atoms with E-state index in [4.69, 9.17) is 4.74 Å². The molecule has 1 N–H and O–H groups in total. The molecule has 0 aliphatic carbocycles. The van der Waals surface area contributed by atoms with Gasteiger partial charge in [0.25, 0.3) is 5.91 Å². The number of halogens is 1. The van der Waals surface area contributed by atoms with Crippen LogP contribution in [0.5, 0.6) is 5.75 Å². The van der Waals surface area contributed by atoms with E-state index in [1.54, 1.807) is 17.0 Å². The zero-order chi connectivity index (χ0) is 15.5. The van der Waals surface area contributed by atoms with Crippen LogP contribution in [0.3, 0.4) is 0 Å². The summed E-state index contributed by atoms with van der Waals surface area (Å²) in [4.78, 5) is 13.5. The van der Waals surface area contributed by atoms with Crippen molar-refractivity contribution in [2.75, 3.05) is 23.4 Å². The molecule has 2 aromatic carbocycles. The highest BCUT2D eigenvalue weighted by Crippen LogP contribution is 2.34. The fourth-order valence-electron chi connectivity index (χ4n) is 2.47. The van der Waals surface area contributed by atoms with Gasteiger partial charge in [-0.1, -0.05) is 12.1 Å². The molecular weight excluding hydrogens is 283 g/mol. The van der Waals surface area contributed by atoms with Crippen molar-refractivity contribution in [1.82, 2.24) is 0 Å². The van der Waals surface area contributed by atoms with E-state index in [9.17, 15) is 9.18 Å². The summed E-state index contributed by atoms with van der Waals surface area (Å²) in [6.45, 7) is 3.23. The third kappa shape index (κ3) is 2.88. The number of likely N-dealkylation sites (N-methyl/N-ethyl adjacent to an activating group) is 1. The second kappa shape index (κ2) is 6.05. The SMILES string of the molecule is CCN1C(=O)COc2cc(NCc3ccc(F)cc3)ccc21. The van der Waals surface area contributed by atoms with Crippen molar-refractivity contribution in [3.8, 4) is 5.75 Å². The minimum atomic E-state index is -0.241. The van der Waals surface area contributed by atoms with Gasteiger partial charge in [0, 0.05) is 24.8 Å². The van der Waals surface area contributed by atoms with Gasteiger partial charge in [-0.15, -0.1) is 0 Å². The van der Waals surface area contributed by atoms with E-state index in [-0.39, 0.29) is 18.3 Å². The average molecular weight is 300 g/mol. The highest BCUT2D eigenvalue weighted by atomic mass is 19.1. The van der Waals surface area contributed by atoms with E-state index in [1.807, 2.05) is 25.1 Å². The molecule has 0 bridgehead atoms. The first-order chi connectivity index (χ1) is 10.7. The number of carbonyl (C=O) groups excluding carboxylic acids is 1. The largest absolute Gasteiger partial charge is 0.481 e. The number of fused-ring (bicyclic) bond motifs is 1. The van der Waals surface area contributed by atoms with Gasteiger partial charge in [0.15, 0.2) is 6.61 Å². The predicted molar refractivity (Wildman–Crippen MR) is 83.7 cm³/mol. The van der Waals surface area contributed by atoms with E-state index in [2.05, 4.69) is 5.32 Å². The van der Waals surface area contributed by atoms with Crippen molar-refractivity contribution in [3.63, 3.8) is 0 Å². The number of anilines is 2. The number of amides is 1. The minimum Gasteiger partial charge on any atom is -0.481 e. The quantitative estimate of drug-likeness (QED) is 0.943. The number of nitrogens with zero attached hydrogens (tertiary/aromatic N) is 1. The molecule has 0 saturated carbocycles. The molecule has 0 spiro atoms. The van der Waals surface area contributed by atoms with Crippen LogP contribution >= 0.6 is 0 Å². The van der Waals surface area contributed by atoms with Crippen molar-refractivity contribution in [2.45, 2.75) is 13.5 Å². The Kier molecular flexibility index (Phi) is 3.96. The Morgan fingerprint density at radius 1 is 1.23 bits per heavy atom. The van der Waals surface area contributed by atoms with E-state index >= 15 is 0 Å². The number of nitrogens with one attached hydrogen (secondary N) is 1. The monoisotopic (exact) mass is 300 g/mol. The Hall–Kier alpha value is -2.56. The van der Waals surface area contributed by atoms with Crippen LogP contribution in [0.15, 0.2) is 42.5 Å². The van der Waals surface area contributed by atoms with E-state index in [0.717, 1.165) is 16.9 Å². The molecule has 0 saturated heterocycles. The molecule has 1 heterocycles. The van der Waals surface area contributed by atoms with Crippen LogP contribution in [0.25, 0.3) is 0 Å². The highest BCUT2D eigenvalue weighted by Gasteiger charge is 2.24. The summed E-state index contributed by atoms with van der Waals surface area (Å²) in [5.41, 5.74) is 2.69. The highest BCUT2D eigenvalue weighted by molar-refractivity contribution is 5.98. The van der Waals surface area contributed by atoms with Gasteiger partial charge in [-0.3, -0.25) is 4.79 Å². The maximum atomic E-state index is 12.9. The topological polar surface area (TPSA) is 41.6 Å². The van der Waals surface area contributed by atoms with E-state index in [1.165, 1.54) is 12.1 Å². The molecule has 5 heteroatoms. The van der Waals surface area contributed by atoms with E-state index < -0.39 is 0 Å². The van der Waals surface area contributed by atoms with Crippen LogP contribution < -0.4 is 15.0 Å². The van der Waals surface area contributed by atoms with Gasteiger partial charge >= 0.3 is 0 Å². The summed E-state index contributed by atoms with van der Waals surface area (Å²) < 4.78 is 18.4. The number of carbonyl (C=O) groups is 1. The Morgan fingerprint density at radius 2 is 2.00 bits per heavy atom. The van der Waals surface area contributed by atoms with Crippen molar-refractivity contribution in [1.29, 1.82) is 0 Å². The molecule has 0 radical (unpaired) electrons. The fourth-order valence-corrected chi connectivity index (χ4v) is 2.47. The third-order valence-corrected chi connectivity index (χ3v) is 3.63. The van der Waals surface area contributed by atoms with Crippen molar-refractivity contribution >= 4 is 17.3 Å². The third-order valence-electron chi connectivity index (χ3n) is 3.63. The van der Waals surface area contributed by atoms with Crippen LogP contribution in [0.4, 0.5) is 15.8 Å². The van der Waals surface area contributed by atoms with Gasteiger partial charge in [-0.2, -0.15) is 0 Å². The van der Waals surface area contributed by atoms with Gasteiger partial charge < -0.3 is 15.0 Å². The lowest BCUT2D eigenvalue weighted by Crippen LogP contribution is -2.38. The Bertz CT molecular complexity index is 686. The number of ether oxygens (including phenoxy) is 1. The molecule has 0 aromatic heterocycles. The molecule has 1 amide bonds. The first-order valence-electron chi connectivity index (χ1n) is 7.23. The van der Waals surface area contributed by atoms with Crippen molar-refractivity contribution < 1.29 is 13.9 Å². The predicted octanol–water partition coefficient (Wildman–Crippen LogP) is 3.18. The molecule has 0 atom stereocenters.